The molecular weight excluding hydrogens is 313 g/mol. The summed E-state index contributed by atoms with van der Waals surface area (Å²) in [5.41, 5.74) is 0. The van der Waals surface area contributed by atoms with Crippen LogP contribution in [0.1, 0.15) is 0 Å². The SMILES string of the molecule is COCCOC(=S)SC(F)(F)C(F)(F)C(F)(F)F. The summed E-state index contributed by atoms with van der Waals surface area (Å²) in [5.74, 6) is -6.21. The lowest BCUT2D eigenvalue weighted by atomic mass is 10.3. The van der Waals surface area contributed by atoms with Crippen LogP contribution in [0, 0.1) is 0 Å². The van der Waals surface area contributed by atoms with Gasteiger partial charge < -0.3 is 9.47 Å². The van der Waals surface area contributed by atoms with Gasteiger partial charge in [-0.2, -0.15) is 30.7 Å². The van der Waals surface area contributed by atoms with Crippen molar-refractivity contribution in [1.29, 1.82) is 0 Å². The second-order valence-corrected chi connectivity index (χ2v) is 4.50. The summed E-state index contributed by atoms with van der Waals surface area (Å²) >= 11 is 2.95. The molecule has 0 aromatic heterocycles. The molecule has 0 fully saturated rings. The van der Waals surface area contributed by atoms with E-state index in [4.69, 9.17) is 0 Å². The molecule has 0 aromatic rings. The fourth-order valence-electron chi connectivity index (χ4n) is 0.572. The van der Waals surface area contributed by atoms with Crippen LogP contribution in [0.15, 0.2) is 0 Å². The Morgan fingerprint density at radius 2 is 1.56 bits per heavy atom. The predicted molar refractivity (Wildman–Crippen MR) is 54.0 cm³/mol. The third-order valence-corrected chi connectivity index (χ3v) is 2.61. The monoisotopic (exact) mass is 320 g/mol. The van der Waals surface area contributed by atoms with Crippen LogP contribution in [0.5, 0.6) is 0 Å². The Morgan fingerprint density at radius 1 is 1.06 bits per heavy atom. The fraction of sp³-hybridized carbons (Fsp3) is 0.857. The zero-order valence-electron chi connectivity index (χ0n) is 8.69. The van der Waals surface area contributed by atoms with Crippen LogP contribution in [-0.4, -0.2) is 42.1 Å². The van der Waals surface area contributed by atoms with E-state index in [2.05, 4.69) is 21.7 Å². The minimum Gasteiger partial charge on any atom is -0.476 e. The van der Waals surface area contributed by atoms with Crippen LogP contribution >= 0.6 is 24.0 Å². The van der Waals surface area contributed by atoms with Gasteiger partial charge in [0.1, 0.15) is 6.61 Å². The zero-order valence-corrected chi connectivity index (χ0v) is 10.3. The Hall–Kier alpha value is -0.290. The van der Waals surface area contributed by atoms with Gasteiger partial charge in [0, 0.05) is 18.9 Å². The number of thioether (sulfide) groups is 1. The molecule has 0 aliphatic carbocycles. The first-order valence-electron chi connectivity index (χ1n) is 4.12. The average Bonchev–Trinajstić information content (AvgIpc) is 2.15. The van der Waals surface area contributed by atoms with Crippen molar-refractivity contribution in [3.8, 4) is 0 Å². The van der Waals surface area contributed by atoms with Gasteiger partial charge in [-0.1, -0.05) is 0 Å². The Bertz CT molecular complexity index is 292. The van der Waals surface area contributed by atoms with Crippen molar-refractivity contribution in [3.63, 3.8) is 0 Å². The molecule has 0 radical (unpaired) electrons. The standard InChI is InChI=1S/C7H7F7O2S2/c1-15-2-3-16-4(17)18-7(13,14)5(8,9)6(10,11)12/h2-3H2,1H3. The first kappa shape index (κ1) is 17.7. The first-order chi connectivity index (χ1) is 7.95. The van der Waals surface area contributed by atoms with Gasteiger partial charge in [0.25, 0.3) is 0 Å². The summed E-state index contributed by atoms with van der Waals surface area (Å²) in [5, 5.41) is -5.45. The van der Waals surface area contributed by atoms with Crippen molar-refractivity contribution >= 4 is 28.4 Å². The molecule has 0 aromatic carbocycles. The van der Waals surface area contributed by atoms with E-state index in [0.29, 0.717) is 0 Å². The van der Waals surface area contributed by atoms with Gasteiger partial charge in [-0.15, -0.1) is 0 Å². The van der Waals surface area contributed by atoms with Crippen LogP contribution in [-0.2, 0) is 9.47 Å². The van der Waals surface area contributed by atoms with Crippen molar-refractivity contribution < 1.29 is 40.2 Å². The van der Waals surface area contributed by atoms with E-state index >= 15 is 0 Å². The molecule has 11 heteroatoms. The number of halogens is 7. The lowest BCUT2D eigenvalue weighted by Crippen LogP contribution is -2.50. The largest absolute Gasteiger partial charge is 0.476 e. The fourth-order valence-corrected chi connectivity index (χ4v) is 1.56. The van der Waals surface area contributed by atoms with E-state index in [1.165, 1.54) is 7.11 Å². The maximum Gasteiger partial charge on any atom is 0.460 e. The highest BCUT2D eigenvalue weighted by Gasteiger charge is 2.74. The Kier molecular flexibility index (Phi) is 6.14. The molecule has 0 rings (SSSR count). The summed E-state index contributed by atoms with van der Waals surface area (Å²) in [4.78, 5) is 0. The maximum atomic E-state index is 12.8. The number of ether oxygens (including phenoxy) is 2. The maximum absolute atomic E-state index is 12.8. The second-order valence-electron chi connectivity index (χ2n) is 2.78. The molecule has 0 atom stereocenters. The highest BCUT2D eigenvalue weighted by Crippen LogP contribution is 2.52. The molecule has 0 saturated carbocycles. The molecule has 0 amide bonds. The zero-order chi connectivity index (χ0) is 14.6. The summed E-state index contributed by atoms with van der Waals surface area (Å²) in [6.45, 7) is -0.419. The van der Waals surface area contributed by atoms with Crippen molar-refractivity contribution in [2.45, 2.75) is 17.4 Å². The summed E-state index contributed by atoms with van der Waals surface area (Å²) in [7, 11) is 1.24. The highest BCUT2D eigenvalue weighted by molar-refractivity contribution is 8.23. The predicted octanol–water partition coefficient (Wildman–Crippen LogP) is 3.46. The summed E-state index contributed by atoms with van der Waals surface area (Å²) < 4.78 is 93.2. The van der Waals surface area contributed by atoms with E-state index < -0.39 is 33.5 Å². The van der Waals surface area contributed by atoms with Crippen LogP contribution in [0.2, 0.25) is 0 Å². The van der Waals surface area contributed by atoms with Crippen molar-refractivity contribution in [2.24, 2.45) is 0 Å². The van der Waals surface area contributed by atoms with E-state index in [9.17, 15) is 30.7 Å². The first-order valence-corrected chi connectivity index (χ1v) is 5.35. The summed E-state index contributed by atoms with van der Waals surface area (Å²) in [6, 6.07) is 0. The van der Waals surface area contributed by atoms with Crippen LogP contribution < -0.4 is 0 Å². The second kappa shape index (κ2) is 6.24. The topological polar surface area (TPSA) is 18.5 Å². The van der Waals surface area contributed by atoms with Gasteiger partial charge in [0.15, 0.2) is 0 Å². The average molecular weight is 320 g/mol. The molecule has 0 bridgehead atoms. The van der Waals surface area contributed by atoms with E-state index in [-0.39, 0.29) is 13.2 Å². The van der Waals surface area contributed by atoms with Crippen LogP contribution in [0.4, 0.5) is 30.7 Å². The Balaban J connectivity index is 4.60. The third-order valence-electron chi connectivity index (χ3n) is 1.44. The normalized spacial score (nSPS) is 13.6. The smallest absolute Gasteiger partial charge is 0.460 e. The minimum atomic E-state index is -6.38. The molecule has 0 spiro atoms. The molecule has 0 saturated heterocycles. The quantitative estimate of drug-likeness (QED) is 0.438. The van der Waals surface area contributed by atoms with Gasteiger partial charge in [0.05, 0.1) is 6.61 Å². The molecule has 0 unspecified atom stereocenters. The molecule has 18 heavy (non-hydrogen) atoms. The Morgan fingerprint density at radius 3 is 1.94 bits per heavy atom. The number of rotatable bonds is 5. The van der Waals surface area contributed by atoms with Crippen molar-refractivity contribution in [2.75, 3.05) is 20.3 Å². The number of alkyl halides is 7. The van der Waals surface area contributed by atoms with Crippen molar-refractivity contribution in [1.82, 2.24) is 0 Å². The van der Waals surface area contributed by atoms with Gasteiger partial charge in [0.2, 0.25) is 4.38 Å². The molecule has 0 heterocycles. The molecular formula is C7H7F7O2S2. The molecule has 0 aliphatic rings. The highest BCUT2D eigenvalue weighted by atomic mass is 32.2. The number of thiocarbonyl (C=S) groups is 1. The van der Waals surface area contributed by atoms with E-state index in [0.717, 1.165) is 0 Å². The molecule has 108 valence electrons. The van der Waals surface area contributed by atoms with Crippen molar-refractivity contribution in [3.05, 3.63) is 0 Å². The van der Waals surface area contributed by atoms with E-state index in [1.807, 2.05) is 0 Å². The number of hydrogen-bond donors (Lipinski definition) is 0. The van der Waals surface area contributed by atoms with Crippen LogP contribution in [0.3, 0.4) is 0 Å². The number of hydrogen-bond acceptors (Lipinski definition) is 4. The Labute approximate surface area is 107 Å². The molecule has 2 nitrogen and oxygen atoms in total. The van der Waals surface area contributed by atoms with Crippen LogP contribution in [0.25, 0.3) is 0 Å². The van der Waals surface area contributed by atoms with Gasteiger partial charge in [-0.3, -0.25) is 0 Å². The van der Waals surface area contributed by atoms with E-state index in [1.54, 1.807) is 0 Å². The molecule has 0 aliphatic heterocycles. The third kappa shape index (κ3) is 4.43. The number of methoxy groups -OCH3 is 1. The van der Waals surface area contributed by atoms with Gasteiger partial charge in [-0.05, 0) is 12.2 Å². The summed E-state index contributed by atoms with van der Waals surface area (Å²) in [6.07, 6.45) is -6.38. The van der Waals surface area contributed by atoms with Gasteiger partial charge >= 0.3 is 17.4 Å². The van der Waals surface area contributed by atoms with Gasteiger partial charge in [-0.25, -0.2) is 0 Å². The molecule has 0 N–H and O–H groups in total. The minimum absolute atomic E-state index is 0.0814. The lowest BCUT2D eigenvalue weighted by molar-refractivity contribution is -0.330. The lowest BCUT2D eigenvalue weighted by Gasteiger charge is -2.27.